The molecule has 0 atom stereocenters. The van der Waals surface area contributed by atoms with Gasteiger partial charge >= 0.3 is 6.18 Å². The summed E-state index contributed by atoms with van der Waals surface area (Å²) in [5.41, 5.74) is 1.01. The van der Waals surface area contributed by atoms with E-state index in [2.05, 4.69) is 0 Å². The second kappa shape index (κ2) is 8.77. The maximum atomic E-state index is 12.8. The van der Waals surface area contributed by atoms with Gasteiger partial charge in [0, 0.05) is 57.1 Å². The van der Waals surface area contributed by atoms with E-state index in [9.17, 15) is 22.8 Å². The van der Waals surface area contributed by atoms with E-state index in [1.807, 2.05) is 31.1 Å². The fourth-order valence-corrected chi connectivity index (χ4v) is 3.39. The summed E-state index contributed by atoms with van der Waals surface area (Å²) in [6.45, 7) is 1.68. The third-order valence-electron chi connectivity index (χ3n) is 5.16. The fourth-order valence-electron chi connectivity index (χ4n) is 3.39. The molecule has 1 fully saturated rings. The van der Waals surface area contributed by atoms with Crippen LogP contribution in [-0.4, -0.2) is 61.9 Å². The Morgan fingerprint density at radius 3 is 1.60 bits per heavy atom. The van der Waals surface area contributed by atoms with Crippen LogP contribution >= 0.6 is 0 Å². The summed E-state index contributed by atoms with van der Waals surface area (Å²) < 4.78 is 38.1. The van der Waals surface area contributed by atoms with Gasteiger partial charge in [0.05, 0.1) is 5.56 Å². The molecule has 0 spiro atoms. The molecule has 0 aromatic heterocycles. The number of carbonyl (C=O) groups excluding carboxylic acids is 2. The maximum absolute atomic E-state index is 12.8. The van der Waals surface area contributed by atoms with Crippen molar-refractivity contribution >= 4 is 17.5 Å². The van der Waals surface area contributed by atoms with E-state index >= 15 is 0 Å². The SMILES string of the molecule is CN(C)c1ccc(C(=O)N2CCCN(C(=O)c3ccc(C(F)(F)F)cc3)CC2)cc1. The number of nitrogens with zero attached hydrogens (tertiary/aromatic N) is 3. The molecule has 0 saturated carbocycles. The zero-order valence-electron chi connectivity index (χ0n) is 16.9. The number of halogens is 3. The van der Waals surface area contributed by atoms with Crippen LogP contribution in [0.3, 0.4) is 0 Å². The molecular formula is C22H24F3N3O2. The number of rotatable bonds is 3. The van der Waals surface area contributed by atoms with E-state index in [0.29, 0.717) is 38.2 Å². The minimum atomic E-state index is -4.43. The minimum absolute atomic E-state index is 0.0934. The van der Waals surface area contributed by atoms with Gasteiger partial charge in [-0.3, -0.25) is 9.59 Å². The molecule has 0 N–H and O–H groups in total. The van der Waals surface area contributed by atoms with Crippen molar-refractivity contribution < 1.29 is 22.8 Å². The molecule has 0 aliphatic carbocycles. The number of hydrogen-bond acceptors (Lipinski definition) is 3. The van der Waals surface area contributed by atoms with Crippen molar-refractivity contribution in [3.63, 3.8) is 0 Å². The first-order valence-corrected chi connectivity index (χ1v) is 9.70. The summed E-state index contributed by atoms with van der Waals surface area (Å²) >= 11 is 0. The Kier molecular flexibility index (Phi) is 6.34. The molecule has 2 amide bonds. The van der Waals surface area contributed by atoms with Crippen molar-refractivity contribution in [3.05, 3.63) is 65.2 Å². The normalized spacial score (nSPS) is 15.0. The summed E-state index contributed by atoms with van der Waals surface area (Å²) in [4.78, 5) is 30.8. The van der Waals surface area contributed by atoms with Crippen molar-refractivity contribution in [2.75, 3.05) is 45.2 Å². The Morgan fingerprint density at radius 2 is 1.20 bits per heavy atom. The van der Waals surface area contributed by atoms with E-state index in [1.54, 1.807) is 21.9 Å². The third kappa shape index (κ3) is 4.93. The second-order valence-corrected chi connectivity index (χ2v) is 7.45. The van der Waals surface area contributed by atoms with Crippen LogP contribution in [0, 0.1) is 0 Å². The lowest BCUT2D eigenvalue weighted by atomic mass is 10.1. The van der Waals surface area contributed by atoms with Gasteiger partial charge in [-0.1, -0.05) is 0 Å². The fraction of sp³-hybridized carbons (Fsp3) is 0.364. The molecule has 8 heteroatoms. The highest BCUT2D eigenvalue weighted by Gasteiger charge is 2.30. The van der Waals surface area contributed by atoms with Crippen molar-refractivity contribution in [1.82, 2.24) is 9.80 Å². The standard InChI is InChI=1S/C22H24F3N3O2/c1-26(2)19-10-6-17(7-11-19)21(30)28-13-3-12-27(14-15-28)20(29)16-4-8-18(9-5-16)22(23,24)25/h4-11H,3,12-15H2,1-2H3. The molecule has 2 aromatic rings. The van der Waals surface area contributed by atoms with Crippen molar-refractivity contribution in [2.24, 2.45) is 0 Å². The van der Waals surface area contributed by atoms with Gasteiger partial charge in [0.15, 0.2) is 0 Å². The lowest BCUT2D eigenvalue weighted by Gasteiger charge is -2.23. The van der Waals surface area contributed by atoms with Gasteiger partial charge < -0.3 is 14.7 Å². The molecule has 0 bridgehead atoms. The highest BCUT2D eigenvalue weighted by atomic mass is 19.4. The highest BCUT2D eigenvalue weighted by Crippen LogP contribution is 2.29. The molecule has 160 valence electrons. The number of amides is 2. The van der Waals surface area contributed by atoms with Crippen LogP contribution in [0.25, 0.3) is 0 Å². The lowest BCUT2D eigenvalue weighted by molar-refractivity contribution is -0.137. The van der Waals surface area contributed by atoms with Crippen molar-refractivity contribution in [1.29, 1.82) is 0 Å². The molecule has 1 saturated heterocycles. The monoisotopic (exact) mass is 419 g/mol. The van der Waals surface area contributed by atoms with Crippen molar-refractivity contribution in [3.8, 4) is 0 Å². The van der Waals surface area contributed by atoms with Crippen LogP contribution < -0.4 is 4.90 Å². The Hall–Kier alpha value is -3.03. The summed E-state index contributed by atoms with van der Waals surface area (Å²) in [7, 11) is 3.85. The van der Waals surface area contributed by atoms with Gasteiger partial charge in [-0.05, 0) is 55.0 Å². The predicted octanol–water partition coefficient (Wildman–Crippen LogP) is 3.76. The Bertz CT molecular complexity index is 893. The average Bonchev–Trinajstić information content (AvgIpc) is 2.98. The molecule has 3 rings (SSSR count). The van der Waals surface area contributed by atoms with E-state index in [1.165, 1.54) is 12.1 Å². The molecule has 0 radical (unpaired) electrons. The zero-order chi connectivity index (χ0) is 21.9. The quantitative estimate of drug-likeness (QED) is 0.761. The first-order valence-electron chi connectivity index (χ1n) is 9.70. The third-order valence-corrected chi connectivity index (χ3v) is 5.16. The number of alkyl halides is 3. The molecular weight excluding hydrogens is 395 g/mol. The molecule has 2 aromatic carbocycles. The summed E-state index contributed by atoms with van der Waals surface area (Å²) in [6.07, 6.45) is -3.83. The Labute approximate surface area is 173 Å². The van der Waals surface area contributed by atoms with E-state index in [4.69, 9.17) is 0 Å². The predicted molar refractivity (Wildman–Crippen MR) is 109 cm³/mol. The summed E-state index contributed by atoms with van der Waals surface area (Å²) in [5, 5.41) is 0. The second-order valence-electron chi connectivity index (χ2n) is 7.45. The first kappa shape index (κ1) is 21.7. The van der Waals surface area contributed by atoms with E-state index in [-0.39, 0.29) is 17.4 Å². The molecule has 5 nitrogen and oxygen atoms in total. The van der Waals surface area contributed by atoms with Crippen LogP contribution in [0.2, 0.25) is 0 Å². The first-order chi connectivity index (χ1) is 14.2. The van der Waals surface area contributed by atoms with Gasteiger partial charge in [0.1, 0.15) is 0 Å². The van der Waals surface area contributed by atoms with Gasteiger partial charge in [0.25, 0.3) is 11.8 Å². The van der Waals surface area contributed by atoms with Gasteiger partial charge in [-0.2, -0.15) is 13.2 Å². The Morgan fingerprint density at radius 1 is 0.767 bits per heavy atom. The maximum Gasteiger partial charge on any atom is 0.416 e. The van der Waals surface area contributed by atoms with Crippen LogP contribution in [0.4, 0.5) is 18.9 Å². The van der Waals surface area contributed by atoms with Gasteiger partial charge in [0.2, 0.25) is 0 Å². The smallest absolute Gasteiger partial charge is 0.378 e. The molecule has 1 aliphatic heterocycles. The van der Waals surface area contributed by atoms with Crippen LogP contribution in [0.1, 0.15) is 32.7 Å². The van der Waals surface area contributed by atoms with Gasteiger partial charge in [-0.15, -0.1) is 0 Å². The van der Waals surface area contributed by atoms with Crippen molar-refractivity contribution in [2.45, 2.75) is 12.6 Å². The topological polar surface area (TPSA) is 43.9 Å². The number of hydrogen-bond donors (Lipinski definition) is 0. The molecule has 0 unspecified atom stereocenters. The number of anilines is 1. The van der Waals surface area contributed by atoms with Crippen LogP contribution in [-0.2, 0) is 6.18 Å². The van der Waals surface area contributed by atoms with Crippen LogP contribution in [0.5, 0.6) is 0 Å². The van der Waals surface area contributed by atoms with E-state index < -0.39 is 11.7 Å². The summed E-state index contributed by atoms with van der Waals surface area (Å²) in [6, 6.07) is 11.6. The largest absolute Gasteiger partial charge is 0.416 e. The molecule has 1 aliphatic rings. The van der Waals surface area contributed by atoms with E-state index in [0.717, 1.165) is 17.8 Å². The minimum Gasteiger partial charge on any atom is -0.378 e. The molecule has 30 heavy (non-hydrogen) atoms. The number of benzene rings is 2. The zero-order valence-corrected chi connectivity index (χ0v) is 16.9. The highest BCUT2D eigenvalue weighted by molar-refractivity contribution is 5.95. The van der Waals surface area contributed by atoms with Gasteiger partial charge in [-0.25, -0.2) is 0 Å². The number of carbonyl (C=O) groups is 2. The average molecular weight is 419 g/mol. The lowest BCUT2D eigenvalue weighted by Crippen LogP contribution is -2.37. The Balaban J connectivity index is 1.64. The molecule has 1 heterocycles. The van der Waals surface area contributed by atoms with Crippen LogP contribution in [0.15, 0.2) is 48.5 Å². The summed E-state index contributed by atoms with van der Waals surface area (Å²) in [5.74, 6) is -0.419.